The third-order valence-corrected chi connectivity index (χ3v) is 8.79. The first-order valence-electron chi connectivity index (χ1n) is 13.0. The van der Waals surface area contributed by atoms with Crippen LogP contribution in [0.3, 0.4) is 0 Å². The molecule has 5 aliphatic rings. The fraction of sp³-hybridized carbons (Fsp3) is 0.281. The second-order valence-corrected chi connectivity index (χ2v) is 10.9. The van der Waals surface area contributed by atoms with Crippen molar-refractivity contribution in [1.29, 1.82) is 0 Å². The Bertz CT molecular complexity index is 1450. The summed E-state index contributed by atoms with van der Waals surface area (Å²) in [6.07, 6.45) is 5.48. The molecule has 5 nitrogen and oxygen atoms in total. The van der Waals surface area contributed by atoms with Gasteiger partial charge in [0.15, 0.2) is 0 Å². The molecular weight excluding hydrogens is 462 g/mol. The van der Waals surface area contributed by atoms with E-state index in [0.29, 0.717) is 28.8 Å². The predicted molar refractivity (Wildman–Crippen MR) is 140 cm³/mol. The van der Waals surface area contributed by atoms with Crippen LogP contribution in [0.25, 0.3) is 11.1 Å². The second-order valence-electron chi connectivity index (χ2n) is 10.9. The van der Waals surface area contributed by atoms with Crippen molar-refractivity contribution in [3.05, 3.63) is 95.6 Å². The summed E-state index contributed by atoms with van der Waals surface area (Å²) in [4.78, 5) is 40.9. The van der Waals surface area contributed by atoms with E-state index in [1.165, 1.54) is 10.5 Å². The van der Waals surface area contributed by atoms with Gasteiger partial charge in [-0.2, -0.15) is 0 Å². The first kappa shape index (κ1) is 22.2. The van der Waals surface area contributed by atoms with Crippen LogP contribution in [0.1, 0.15) is 27.9 Å². The van der Waals surface area contributed by atoms with Gasteiger partial charge in [-0.15, -0.1) is 0 Å². The lowest BCUT2D eigenvalue weighted by Gasteiger charge is -2.37. The molecule has 1 aliphatic heterocycles. The van der Waals surface area contributed by atoms with Crippen LogP contribution in [0.5, 0.6) is 5.75 Å². The summed E-state index contributed by atoms with van der Waals surface area (Å²) in [5.41, 5.74) is 5.12. The molecule has 1 heterocycles. The molecule has 3 aromatic carbocycles. The number of anilines is 1. The molecule has 0 radical (unpaired) electrons. The zero-order valence-electron chi connectivity index (χ0n) is 20.8. The molecule has 8 rings (SSSR count). The van der Waals surface area contributed by atoms with Gasteiger partial charge in [-0.05, 0) is 97.0 Å². The first-order valence-corrected chi connectivity index (χ1v) is 13.0. The number of hydrogen-bond donors (Lipinski definition) is 0. The van der Waals surface area contributed by atoms with Gasteiger partial charge >= 0.3 is 5.97 Å². The standard InChI is InChI=1S/C32H27NO4/c1-17-3-5-19(6-4-17)21-9-14-27(18(2)15-21)37-32(36)20-7-10-22(11-8-20)33-30(34)28-23-12-13-24(26-16-25(23)26)29(28)31(33)35/h3-15,23-26,28-29H,16H2,1-2H3/t23-,24-,25-,26-,28+,29+/m1/s1. The Morgan fingerprint density at radius 3 is 1.97 bits per heavy atom. The molecule has 2 saturated carbocycles. The summed E-state index contributed by atoms with van der Waals surface area (Å²) in [6, 6.07) is 20.7. The van der Waals surface area contributed by atoms with Gasteiger partial charge in [-0.3, -0.25) is 14.5 Å². The fourth-order valence-electron chi connectivity index (χ4n) is 6.81. The van der Waals surface area contributed by atoms with Gasteiger partial charge in [0, 0.05) is 0 Å². The molecule has 2 bridgehead atoms. The van der Waals surface area contributed by atoms with Crippen LogP contribution in [0.4, 0.5) is 5.69 Å². The molecule has 3 aromatic rings. The Morgan fingerprint density at radius 2 is 1.38 bits per heavy atom. The summed E-state index contributed by atoms with van der Waals surface area (Å²) >= 11 is 0. The number of hydrogen-bond acceptors (Lipinski definition) is 4. The number of carbonyl (C=O) groups excluding carboxylic acids is 3. The van der Waals surface area contributed by atoms with Crippen molar-refractivity contribution in [2.75, 3.05) is 4.90 Å². The molecule has 0 N–H and O–H groups in total. The highest BCUT2D eigenvalue weighted by Crippen LogP contribution is 2.65. The monoisotopic (exact) mass is 489 g/mol. The maximum absolute atomic E-state index is 13.3. The molecule has 3 fully saturated rings. The predicted octanol–water partition coefficient (Wildman–Crippen LogP) is 5.75. The van der Waals surface area contributed by atoms with Crippen LogP contribution in [-0.4, -0.2) is 17.8 Å². The van der Waals surface area contributed by atoms with Gasteiger partial charge in [0.2, 0.25) is 11.8 Å². The SMILES string of the molecule is Cc1ccc(-c2ccc(OC(=O)c3ccc(N4C(=O)[C@H]5[C@@H]6C=C[C@H]([C@H]7C[C@H]67)[C@@H]5C4=O)cc3)c(C)c2)cc1. The quantitative estimate of drug-likeness (QED) is 0.203. The van der Waals surface area contributed by atoms with E-state index in [1.54, 1.807) is 24.3 Å². The van der Waals surface area contributed by atoms with E-state index >= 15 is 0 Å². The molecule has 6 atom stereocenters. The Balaban J connectivity index is 1.07. The van der Waals surface area contributed by atoms with Crippen LogP contribution in [0.2, 0.25) is 0 Å². The highest BCUT2D eigenvalue weighted by atomic mass is 16.5. The van der Waals surface area contributed by atoms with E-state index in [9.17, 15) is 14.4 Å². The zero-order valence-corrected chi connectivity index (χ0v) is 20.8. The lowest BCUT2D eigenvalue weighted by molar-refractivity contribution is -0.124. The molecule has 1 saturated heterocycles. The normalized spacial score (nSPS) is 28.8. The minimum atomic E-state index is -0.479. The van der Waals surface area contributed by atoms with E-state index in [4.69, 9.17) is 4.74 Å². The zero-order chi connectivity index (χ0) is 25.4. The number of benzene rings is 3. The molecule has 0 aromatic heterocycles. The number of allylic oxidation sites excluding steroid dienone is 2. The van der Waals surface area contributed by atoms with Gasteiger partial charge in [0.1, 0.15) is 5.75 Å². The minimum absolute atomic E-state index is 0.0979. The number of rotatable bonds is 4. The van der Waals surface area contributed by atoms with Crippen LogP contribution in [0, 0.1) is 49.4 Å². The lowest BCUT2D eigenvalue weighted by atomic mass is 9.63. The fourth-order valence-corrected chi connectivity index (χ4v) is 6.81. The smallest absolute Gasteiger partial charge is 0.343 e. The summed E-state index contributed by atoms with van der Waals surface area (Å²) in [5, 5.41) is 0. The van der Waals surface area contributed by atoms with Gasteiger partial charge < -0.3 is 4.74 Å². The van der Waals surface area contributed by atoms with Crippen LogP contribution < -0.4 is 9.64 Å². The third kappa shape index (κ3) is 3.41. The summed E-state index contributed by atoms with van der Waals surface area (Å²) in [5.74, 6) is 0.877. The number of carbonyl (C=O) groups is 3. The molecule has 0 spiro atoms. The maximum Gasteiger partial charge on any atom is 0.343 e. The van der Waals surface area contributed by atoms with Crippen molar-refractivity contribution in [2.45, 2.75) is 20.3 Å². The van der Waals surface area contributed by atoms with Gasteiger partial charge in [0.25, 0.3) is 0 Å². The number of imide groups is 1. The van der Waals surface area contributed by atoms with Crippen molar-refractivity contribution < 1.29 is 19.1 Å². The molecule has 37 heavy (non-hydrogen) atoms. The Kier molecular flexibility index (Phi) is 4.81. The molecule has 0 unspecified atom stereocenters. The van der Waals surface area contributed by atoms with Gasteiger partial charge in [-0.25, -0.2) is 4.79 Å². The summed E-state index contributed by atoms with van der Waals surface area (Å²) < 4.78 is 5.68. The lowest BCUT2D eigenvalue weighted by Crippen LogP contribution is -2.40. The number of ether oxygens (including phenoxy) is 1. The van der Waals surface area contributed by atoms with Crippen molar-refractivity contribution in [3.8, 4) is 16.9 Å². The Morgan fingerprint density at radius 1 is 0.784 bits per heavy atom. The van der Waals surface area contributed by atoms with Crippen molar-refractivity contribution in [3.63, 3.8) is 0 Å². The second kappa shape index (κ2) is 8.01. The Labute approximate surface area is 215 Å². The number of nitrogens with zero attached hydrogens (tertiary/aromatic N) is 1. The topological polar surface area (TPSA) is 63.7 Å². The minimum Gasteiger partial charge on any atom is -0.423 e. The molecule has 4 aliphatic carbocycles. The number of aryl methyl sites for hydroxylation is 2. The van der Waals surface area contributed by atoms with E-state index in [1.807, 2.05) is 25.1 Å². The van der Waals surface area contributed by atoms with E-state index < -0.39 is 5.97 Å². The molecule has 184 valence electrons. The third-order valence-electron chi connectivity index (χ3n) is 8.79. The Hall–Kier alpha value is -3.99. The van der Waals surface area contributed by atoms with Crippen molar-refractivity contribution in [2.24, 2.45) is 35.5 Å². The largest absolute Gasteiger partial charge is 0.423 e. The van der Waals surface area contributed by atoms with E-state index in [-0.39, 0.29) is 35.5 Å². The van der Waals surface area contributed by atoms with Gasteiger partial charge in [-0.1, -0.05) is 48.0 Å². The average Bonchev–Trinajstić information content (AvgIpc) is 3.69. The summed E-state index contributed by atoms with van der Waals surface area (Å²) in [6.45, 7) is 3.97. The molecular formula is C32H27NO4. The number of esters is 1. The van der Waals surface area contributed by atoms with Gasteiger partial charge in [0.05, 0.1) is 23.1 Å². The number of amides is 2. The molecule has 2 amide bonds. The average molecular weight is 490 g/mol. The van der Waals surface area contributed by atoms with Crippen molar-refractivity contribution in [1.82, 2.24) is 0 Å². The van der Waals surface area contributed by atoms with E-state index in [0.717, 1.165) is 23.1 Å². The molecule has 5 heteroatoms. The van der Waals surface area contributed by atoms with Crippen LogP contribution >= 0.6 is 0 Å². The maximum atomic E-state index is 13.3. The van der Waals surface area contributed by atoms with Crippen molar-refractivity contribution >= 4 is 23.5 Å². The van der Waals surface area contributed by atoms with Crippen LogP contribution in [0.15, 0.2) is 78.9 Å². The van der Waals surface area contributed by atoms with Crippen LogP contribution in [-0.2, 0) is 9.59 Å². The first-order chi connectivity index (χ1) is 17.9. The highest BCUT2D eigenvalue weighted by Gasteiger charge is 2.67. The summed E-state index contributed by atoms with van der Waals surface area (Å²) in [7, 11) is 0. The highest BCUT2D eigenvalue weighted by molar-refractivity contribution is 6.22. The van der Waals surface area contributed by atoms with E-state index in [2.05, 4.69) is 43.3 Å².